The van der Waals surface area contributed by atoms with Gasteiger partial charge < -0.3 is 10.6 Å². The molecule has 124 valence electrons. The second kappa shape index (κ2) is 5.75. The van der Waals surface area contributed by atoms with Gasteiger partial charge in [0, 0.05) is 6.04 Å². The minimum absolute atomic E-state index is 0.228. The predicted octanol–water partition coefficient (Wildman–Crippen LogP) is 3.31. The number of carbonyl (C=O) groups is 1. The third-order valence-corrected chi connectivity index (χ3v) is 5.72. The van der Waals surface area contributed by atoms with Crippen molar-refractivity contribution in [2.75, 3.05) is 13.6 Å². The van der Waals surface area contributed by atoms with E-state index < -0.39 is 5.41 Å². The molecule has 0 heterocycles. The highest BCUT2D eigenvalue weighted by Gasteiger charge is 2.47. The van der Waals surface area contributed by atoms with E-state index in [1.165, 1.54) is 12.8 Å². The van der Waals surface area contributed by atoms with Crippen molar-refractivity contribution in [2.24, 2.45) is 5.73 Å². The summed E-state index contributed by atoms with van der Waals surface area (Å²) in [5, 5.41) is 0. The molecule has 2 aromatic rings. The van der Waals surface area contributed by atoms with Crippen LogP contribution in [0, 0.1) is 0 Å². The van der Waals surface area contributed by atoms with Crippen molar-refractivity contribution in [3.63, 3.8) is 0 Å². The number of nitrogens with two attached hydrogens (primary N) is 1. The number of hydrogen-bond acceptors (Lipinski definition) is 2. The van der Waals surface area contributed by atoms with E-state index in [0.717, 1.165) is 47.7 Å². The lowest BCUT2D eigenvalue weighted by Crippen LogP contribution is -2.41. The molecular weight excluding hydrogens is 296 g/mol. The number of amides is 1. The topological polar surface area (TPSA) is 46.3 Å². The summed E-state index contributed by atoms with van der Waals surface area (Å²) in [7, 11) is 2.19. The SMILES string of the molecule is CN(CCCC1(C(N)=O)c2ccccc2-c2ccccc21)C1CC1. The molecule has 0 unspecified atom stereocenters. The van der Waals surface area contributed by atoms with E-state index in [1.54, 1.807) is 0 Å². The number of primary amides is 1. The zero-order chi connectivity index (χ0) is 16.7. The lowest BCUT2D eigenvalue weighted by molar-refractivity contribution is -0.122. The molecule has 0 aromatic heterocycles. The largest absolute Gasteiger partial charge is 0.369 e. The Kier molecular flexibility index (Phi) is 3.69. The Labute approximate surface area is 143 Å². The van der Waals surface area contributed by atoms with Crippen LogP contribution in [0.15, 0.2) is 48.5 Å². The summed E-state index contributed by atoms with van der Waals surface area (Å²) >= 11 is 0. The molecule has 2 aliphatic rings. The van der Waals surface area contributed by atoms with Crippen LogP contribution >= 0.6 is 0 Å². The van der Waals surface area contributed by atoms with Crippen LogP contribution in [-0.2, 0) is 10.2 Å². The van der Waals surface area contributed by atoms with E-state index in [9.17, 15) is 4.79 Å². The maximum absolute atomic E-state index is 12.7. The summed E-state index contributed by atoms with van der Waals surface area (Å²) in [4.78, 5) is 15.1. The summed E-state index contributed by atoms with van der Waals surface area (Å²) in [5.41, 5.74) is 9.78. The van der Waals surface area contributed by atoms with Crippen LogP contribution in [0.4, 0.5) is 0 Å². The summed E-state index contributed by atoms with van der Waals surface area (Å²) in [6, 6.07) is 17.2. The van der Waals surface area contributed by atoms with Gasteiger partial charge in [0.2, 0.25) is 5.91 Å². The minimum atomic E-state index is -0.683. The quantitative estimate of drug-likeness (QED) is 0.887. The zero-order valence-corrected chi connectivity index (χ0v) is 14.2. The van der Waals surface area contributed by atoms with Gasteiger partial charge in [-0.25, -0.2) is 0 Å². The van der Waals surface area contributed by atoms with Gasteiger partial charge in [0.25, 0.3) is 0 Å². The fourth-order valence-electron chi connectivity index (χ4n) is 4.27. The Balaban J connectivity index is 1.71. The number of nitrogens with zero attached hydrogens (tertiary/aromatic N) is 1. The van der Waals surface area contributed by atoms with Crippen LogP contribution in [0.5, 0.6) is 0 Å². The van der Waals surface area contributed by atoms with E-state index in [2.05, 4.69) is 36.2 Å². The molecule has 2 aromatic carbocycles. The monoisotopic (exact) mass is 320 g/mol. The van der Waals surface area contributed by atoms with Crippen molar-refractivity contribution >= 4 is 5.91 Å². The molecule has 4 rings (SSSR count). The van der Waals surface area contributed by atoms with Gasteiger partial charge in [-0.15, -0.1) is 0 Å². The molecule has 1 fully saturated rings. The Hall–Kier alpha value is -2.13. The Bertz CT molecular complexity index is 733. The summed E-state index contributed by atoms with van der Waals surface area (Å²) in [5.74, 6) is -0.228. The molecule has 2 N–H and O–H groups in total. The van der Waals surface area contributed by atoms with Crippen LogP contribution in [0.25, 0.3) is 11.1 Å². The van der Waals surface area contributed by atoms with E-state index in [-0.39, 0.29) is 5.91 Å². The fraction of sp³-hybridized carbons (Fsp3) is 0.381. The number of carbonyl (C=O) groups excluding carboxylic acids is 1. The summed E-state index contributed by atoms with van der Waals surface area (Å²) < 4.78 is 0. The average molecular weight is 320 g/mol. The maximum Gasteiger partial charge on any atom is 0.232 e. The molecule has 0 aliphatic heterocycles. The van der Waals surface area contributed by atoms with Gasteiger partial charge in [-0.3, -0.25) is 4.79 Å². The molecular formula is C21H24N2O. The average Bonchev–Trinajstić information content (AvgIpc) is 3.40. The third-order valence-electron chi connectivity index (χ3n) is 5.72. The Morgan fingerprint density at radius 1 is 1.08 bits per heavy atom. The molecule has 0 spiro atoms. The Morgan fingerprint density at radius 2 is 1.62 bits per heavy atom. The molecule has 0 radical (unpaired) electrons. The Morgan fingerprint density at radius 3 is 2.12 bits per heavy atom. The molecule has 0 atom stereocenters. The van der Waals surface area contributed by atoms with Gasteiger partial charge in [0.15, 0.2) is 0 Å². The van der Waals surface area contributed by atoms with Gasteiger partial charge in [0.1, 0.15) is 0 Å². The van der Waals surface area contributed by atoms with Gasteiger partial charge in [-0.1, -0.05) is 48.5 Å². The second-order valence-corrected chi connectivity index (χ2v) is 7.18. The van der Waals surface area contributed by atoms with Crippen LogP contribution in [0.1, 0.15) is 36.8 Å². The molecule has 2 aliphatic carbocycles. The van der Waals surface area contributed by atoms with Crippen molar-refractivity contribution in [3.05, 3.63) is 59.7 Å². The van der Waals surface area contributed by atoms with Crippen LogP contribution in [-0.4, -0.2) is 30.4 Å². The van der Waals surface area contributed by atoms with Gasteiger partial charge in [-0.2, -0.15) is 0 Å². The number of rotatable bonds is 6. The molecule has 3 heteroatoms. The standard InChI is InChI=1S/C21H24N2O/c1-23(15-11-12-15)14-6-13-21(20(22)24)18-9-4-2-7-16(18)17-8-3-5-10-19(17)21/h2-5,7-10,15H,6,11-14H2,1H3,(H2,22,24). The van der Waals surface area contributed by atoms with Crippen molar-refractivity contribution < 1.29 is 4.79 Å². The summed E-state index contributed by atoms with van der Waals surface area (Å²) in [6.45, 7) is 1.02. The highest BCUT2D eigenvalue weighted by Crippen LogP contribution is 2.51. The van der Waals surface area contributed by atoms with Crippen molar-refractivity contribution in [3.8, 4) is 11.1 Å². The predicted molar refractivity (Wildman–Crippen MR) is 96.7 cm³/mol. The van der Waals surface area contributed by atoms with E-state index >= 15 is 0 Å². The van der Waals surface area contributed by atoms with Gasteiger partial charge in [0.05, 0.1) is 5.41 Å². The van der Waals surface area contributed by atoms with Crippen LogP contribution < -0.4 is 5.73 Å². The first-order valence-corrected chi connectivity index (χ1v) is 8.84. The minimum Gasteiger partial charge on any atom is -0.369 e. The highest BCUT2D eigenvalue weighted by atomic mass is 16.1. The normalized spacial score (nSPS) is 17.6. The van der Waals surface area contributed by atoms with Crippen LogP contribution in [0.3, 0.4) is 0 Å². The third kappa shape index (κ3) is 2.27. The van der Waals surface area contributed by atoms with E-state index in [4.69, 9.17) is 5.73 Å². The molecule has 24 heavy (non-hydrogen) atoms. The molecule has 0 saturated heterocycles. The summed E-state index contributed by atoms with van der Waals surface area (Å²) in [6.07, 6.45) is 4.36. The van der Waals surface area contributed by atoms with Crippen molar-refractivity contribution in [1.82, 2.24) is 4.90 Å². The number of benzene rings is 2. The first kappa shape index (κ1) is 15.4. The van der Waals surface area contributed by atoms with Gasteiger partial charge >= 0.3 is 0 Å². The second-order valence-electron chi connectivity index (χ2n) is 7.18. The van der Waals surface area contributed by atoms with E-state index in [0.29, 0.717) is 0 Å². The van der Waals surface area contributed by atoms with E-state index in [1.807, 2.05) is 24.3 Å². The smallest absolute Gasteiger partial charge is 0.232 e. The number of hydrogen-bond donors (Lipinski definition) is 1. The first-order chi connectivity index (χ1) is 11.6. The van der Waals surface area contributed by atoms with Crippen molar-refractivity contribution in [2.45, 2.75) is 37.1 Å². The fourth-order valence-corrected chi connectivity index (χ4v) is 4.27. The molecule has 0 bridgehead atoms. The van der Waals surface area contributed by atoms with Crippen molar-refractivity contribution in [1.29, 1.82) is 0 Å². The van der Waals surface area contributed by atoms with Crippen LogP contribution in [0.2, 0.25) is 0 Å². The molecule has 1 saturated carbocycles. The zero-order valence-electron chi connectivity index (χ0n) is 14.2. The van der Waals surface area contributed by atoms with Gasteiger partial charge in [-0.05, 0) is 61.5 Å². The maximum atomic E-state index is 12.7. The first-order valence-electron chi connectivity index (χ1n) is 8.84. The lowest BCUT2D eigenvalue weighted by Gasteiger charge is -2.29. The highest BCUT2D eigenvalue weighted by molar-refractivity contribution is 5.99. The lowest BCUT2D eigenvalue weighted by atomic mass is 9.74. The number of fused-ring (bicyclic) bond motifs is 3. The molecule has 1 amide bonds. The molecule has 3 nitrogen and oxygen atoms in total.